The van der Waals surface area contributed by atoms with Crippen molar-refractivity contribution in [2.75, 3.05) is 13.2 Å². The lowest BCUT2D eigenvalue weighted by molar-refractivity contribution is 0.00560. The molecule has 1 rings (SSSR count). The molecule has 3 nitrogen and oxygen atoms in total. The number of aliphatic hydroxyl groups excluding tert-OH is 1. The Kier molecular flexibility index (Phi) is 6.65. The van der Waals surface area contributed by atoms with Crippen LogP contribution in [0.25, 0.3) is 0 Å². The van der Waals surface area contributed by atoms with E-state index in [1.165, 1.54) is 0 Å². The molecular formula is C14H22ClNO2. The highest BCUT2D eigenvalue weighted by molar-refractivity contribution is 6.30. The van der Waals surface area contributed by atoms with Gasteiger partial charge in [0.25, 0.3) is 0 Å². The van der Waals surface area contributed by atoms with E-state index in [2.05, 4.69) is 12.2 Å². The highest BCUT2D eigenvalue weighted by atomic mass is 35.5. The van der Waals surface area contributed by atoms with Crippen LogP contribution in [0, 0.1) is 0 Å². The Morgan fingerprint density at radius 3 is 2.39 bits per heavy atom. The summed E-state index contributed by atoms with van der Waals surface area (Å²) in [6.45, 7) is 6.83. The summed E-state index contributed by atoms with van der Waals surface area (Å²) in [6.07, 6.45) is -0.338. The van der Waals surface area contributed by atoms with Crippen molar-refractivity contribution in [3.63, 3.8) is 0 Å². The Morgan fingerprint density at radius 2 is 1.83 bits per heavy atom. The zero-order chi connectivity index (χ0) is 13.5. The van der Waals surface area contributed by atoms with Crippen LogP contribution in [0.4, 0.5) is 0 Å². The molecule has 18 heavy (non-hydrogen) atoms. The first-order valence-electron chi connectivity index (χ1n) is 6.27. The molecule has 1 aromatic carbocycles. The number of rotatable bonds is 7. The molecule has 2 atom stereocenters. The summed E-state index contributed by atoms with van der Waals surface area (Å²) in [5, 5.41) is 13.7. The number of ether oxygens (including phenoxy) is 1. The second kappa shape index (κ2) is 7.74. The van der Waals surface area contributed by atoms with Crippen molar-refractivity contribution >= 4 is 11.6 Å². The topological polar surface area (TPSA) is 41.5 Å². The predicted molar refractivity (Wildman–Crippen MR) is 75.0 cm³/mol. The van der Waals surface area contributed by atoms with Gasteiger partial charge in [0.05, 0.1) is 18.8 Å². The minimum absolute atomic E-state index is 0.147. The number of nitrogens with one attached hydrogen (secondary N) is 1. The summed E-state index contributed by atoms with van der Waals surface area (Å²) in [5.74, 6) is 0. The van der Waals surface area contributed by atoms with Gasteiger partial charge in [0.2, 0.25) is 0 Å². The average molecular weight is 272 g/mol. The van der Waals surface area contributed by atoms with Crippen LogP contribution in [0.2, 0.25) is 5.02 Å². The lowest BCUT2D eigenvalue weighted by Crippen LogP contribution is -2.32. The van der Waals surface area contributed by atoms with Crippen LogP contribution in [0.1, 0.15) is 32.4 Å². The van der Waals surface area contributed by atoms with Gasteiger partial charge in [-0.2, -0.15) is 0 Å². The molecule has 2 N–H and O–H groups in total. The zero-order valence-electron chi connectivity index (χ0n) is 11.2. The summed E-state index contributed by atoms with van der Waals surface area (Å²) in [6, 6.07) is 7.88. The fourth-order valence-corrected chi connectivity index (χ4v) is 1.67. The summed E-state index contributed by atoms with van der Waals surface area (Å²) in [7, 11) is 0. The van der Waals surface area contributed by atoms with E-state index in [0.29, 0.717) is 13.2 Å². The van der Waals surface area contributed by atoms with Gasteiger partial charge in [0.1, 0.15) is 0 Å². The lowest BCUT2D eigenvalue weighted by atomic mass is 10.1. The largest absolute Gasteiger partial charge is 0.389 e. The van der Waals surface area contributed by atoms with Gasteiger partial charge in [-0.25, -0.2) is 0 Å². The minimum Gasteiger partial charge on any atom is -0.389 e. The summed E-state index contributed by atoms with van der Waals surface area (Å²) < 4.78 is 5.35. The van der Waals surface area contributed by atoms with Crippen LogP contribution in [0.3, 0.4) is 0 Å². The van der Waals surface area contributed by atoms with E-state index in [-0.39, 0.29) is 12.1 Å². The van der Waals surface area contributed by atoms with E-state index >= 15 is 0 Å². The summed E-state index contributed by atoms with van der Waals surface area (Å²) in [5.41, 5.74) is 1.15. The van der Waals surface area contributed by atoms with E-state index in [1.807, 2.05) is 38.1 Å². The van der Waals surface area contributed by atoms with E-state index in [1.54, 1.807) is 0 Å². The maximum absolute atomic E-state index is 9.73. The van der Waals surface area contributed by atoms with Crippen LogP contribution >= 0.6 is 11.6 Å². The minimum atomic E-state index is -0.484. The molecule has 0 bridgehead atoms. The first-order chi connectivity index (χ1) is 8.49. The number of hydrogen-bond donors (Lipinski definition) is 2. The Balaban J connectivity index is 2.32. The molecule has 0 saturated heterocycles. The molecule has 0 aromatic heterocycles. The van der Waals surface area contributed by atoms with Crippen LogP contribution in [-0.4, -0.2) is 30.5 Å². The SMILES string of the molecule is CC(C)OCC(O)CN[C@H](C)c1ccc(Cl)cc1. The summed E-state index contributed by atoms with van der Waals surface area (Å²) in [4.78, 5) is 0. The molecule has 0 amide bonds. The highest BCUT2D eigenvalue weighted by Crippen LogP contribution is 2.15. The van der Waals surface area contributed by atoms with Gasteiger partial charge in [-0.1, -0.05) is 23.7 Å². The second-order valence-electron chi connectivity index (χ2n) is 4.72. The van der Waals surface area contributed by atoms with Crippen molar-refractivity contribution in [1.82, 2.24) is 5.32 Å². The van der Waals surface area contributed by atoms with Crippen molar-refractivity contribution < 1.29 is 9.84 Å². The maximum atomic E-state index is 9.73. The van der Waals surface area contributed by atoms with Crippen molar-refractivity contribution in [2.24, 2.45) is 0 Å². The van der Waals surface area contributed by atoms with E-state index in [9.17, 15) is 5.11 Å². The van der Waals surface area contributed by atoms with Crippen LogP contribution in [0.5, 0.6) is 0 Å². The Bertz CT molecular complexity index is 340. The molecule has 4 heteroatoms. The van der Waals surface area contributed by atoms with E-state index < -0.39 is 6.10 Å². The Hall–Kier alpha value is -0.610. The Labute approximate surface area is 114 Å². The van der Waals surface area contributed by atoms with E-state index in [4.69, 9.17) is 16.3 Å². The van der Waals surface area contributed by atoms with Crippen LogP contribution in [-0.2, 0) is 4.74 Å². The Morgan fingerprint density at radius 1 is 1.22 bits per heavy atom. The lowest BCUT2D eigenvalue weighted by Gasteiger charge is -2.18. The molecule has 1 unspecified atom stereocenters. The molecule has 0 heterocycles. The monoisotopic (exact) mass is 271 g/mol. The number of hydrogen-bond acceptors (Lipinski definition) is 3. The van der Waals surface area contributed by atoms with Gasteiger partial charge in [-0.05, 0) is 38.5 Å². The number of aliphatic hydroxyl groups is 1. The van der Waals surface area contributed by atoms with Gasteiger partial charge in [-0.3, -0.25) is 0 Å². The third-order valence-corrected chi connectivity index (χ3v) is 2.90. The molecule has 0 aliphatic rings. The molecule has 0 radical (unpaired) electrons. The maximum Gasteiger partial charge on any atom is 0.0898 e. The van der Waals surface area contributed by atoms with Gasteiger partial charge in [-0.15, -0.1) is 0 Å². The molecule has 102 valence electrons. The number of benzene rings is 1. The first kappa shape index (κ1) is 15.4. The standard InChI is InChI=1S/C14H22ClNO2/c1-10(2)18-9-14(17)8-16-11(3)12-4-6-13(15)7-5-12/h4-7,10-11,14,16-17H,8-9H2,1-3H3/t11-,14?/m1/s1. The molecule has 0 aliphatic heterocycles. The molecule has 0 saturated carbocycles. The molecule has 1 aromatic rings. The zero-order valence-corrected chi connectivity index (χ0v) is 11.9. The number of halogens is 1. The van der Waals surface area contributed by atoms with E-state index in [0.717, 1.165) is 10.6 Å². The summed E-state index contributed by atoms with van der Waals surface area (Å²) >= 11 is 5.84. The smallest absolute Gasteiger partial charge is 0.0898 e. The molecular weight excluding hydrogens is 250 g/mol. The van der Waals surface area contributed by atoms with Crippen molar-refractivity contribution in [2.45, 2.75) is 39.0 Å². The van der Waals surface area contributed by atoms with Gasteiger partial charge in [0.15, 0.2) is 0 Å². The van der Waals surface area contributed by atoms with Gasteiger partial charge in [0, 0.05) is 17.6 Å². The molecule has 0 spiro atoms. The molecule has 0 fully saturated rings. The van der Waals surface area contributed by atoms with Crippen LogP contribution in [0.15, 0.2) is 24.3 Å². The fourth-order valence-electron chi connectivity index (χ4n) is 1.54. The predicted octanol–water partition coefficient (Wildman–Crippen LogP) is 2.78. The van der Waals surface area contributed by atoms with Crippen LogP contribution < -0.4 is 5.32 Å². The second-order valence-corrected chi connectivity index (χ2v) is 5.15. The van der Waals surface area contributed by atoms with Gasteiger partial charge >= 0.3 is 0 Å². The first-order valence-corrected chi connectivity index (χ1v) is 6.65. The normalized spacial score (nSPS) is 14.8. The quantitative estimate of drug-likeness (QED) is 0.801. The highest BCUT2D eigenvalue weighted by Gasteiger charge is 2.09. The van der Waals surface area contributed by atoms with Crippen molar-refractivity contribution in [3.8, 4) is 0 Å². The molecule has 0 aliphatic carbocycles. The van der Waals surface area contributed by atoms with Gasteiger partial charge < -0.3 is 15.2 Å². The van der Waals surface area contributed by atoms with Crippen molar-refractivity contribution in [1.29, 1.82) is 0 Å². The fraction of sp³-hybridized carbons (Fsp3) is 0.571. The van der Waals surface area contributed by atoms with Crippen molar-refractivity contribution in [3.05, 3.63) is 34.9 Å². The third kappa shape index (κ3) is 5.83. The average Bonchev–Trinajstić information content (AvgIpc) is 2.34. The third-order valence-electron chi connectivity index (χ3n) is 2.65.